The average Bonchev–Trinajstić information content (AvgIpc) is 2.56. The first kappa shape index (κ1) is 16.6. The molecule has 0 spiro atoms. The molecule has 0 atom stereocenters. The van der Waals surface area contributed by atoms with Crippen LogP contribution in [0.5, 0.6) is 11.5 Å². The van der Waals surface area contributed by atoms with Gasteiger partial charge in [-0.15, -0.1) is 0 Å². The lowest BCUT2D eigenvalue weighted by Gasteiger charge is -2.10. The molecule has 0 aliphatic carbocycles. The van der Waals surface area contributed by atoms with E-state index in [4.69, 9.17) is 26.2 Å². The van der Waals surface area contributed by atoms with Crippen LogP contribution in [-0.4, -0.2) is 31.5 Å². The second-order valence-electron chi connectivity index (χ2n) is 4.46. The van der Waals surface area contributed by atoms with Gasteiger partial charge in [-0.3, -0.25) is 5.43 Å². The van der Waals surface area contributed by atoms with Crippen LogP contribution in [-0.2, 0) is 0 Å². The smallest absolute Gasteiger partial charge is 0.335 e. The molecule has 0 radical (unpaired) electrons. The van der Waals surface area contributed by atoms with E-state index in [1.54, 1.807) is 24.3 Å². The standard InChI is InChI=1S/C16H15ClN2O4/c1-22-13-7-6-11(14(17)15(13)23-2)9-18-19-12-5-3-4-10(8-12)16(20)21/h3-9,19H,1-2H3,(H,20,21). The molecule has 7 heteroatoms. The summed E-state index contributed by atoms with van der Waals surface area (Å²) in [5, 5.41) is 13.4. The number of hydrogen-bond donors (Lipinski definition) is 2. The van der Waals surface area contributed by atoms with Gasteiger partial charge in [0.05, 0.1) is 36.7 Å². The van der Waals surface area contributed by atoms with Crippen LogP contribution in [0.1, 0.15) is 15.9 Å². The van der Waals surface area contributed by atoms with E-state index in [0.717, 1.165) is 0 Å². The van der Waals surface area contributed by atoms with Crippen LogP contribution in [0.25, 0.3) is 0 Å². The van der Waals surface area contributed by atoms with E-state index >= 15 is 0 Å². The average molecular weight is 335 g/mol. The fraction of sp³-hybridized carbons (Fsp3) is 0.125. The zero-order valence-electron chi connectivity index (χ0n) is 12.5. The van der Waals surface area contributed by atoms with Gasteiger partial charge >= 0.3 is 5.97 Å². The fourth-order valence-electron chi connectivity index (χ4n) is 1.90. The highest BCUT2D eigenvalue weighted by Gasteiger charge is 2.11. The zero-order chi connectivity index (χ0) is 16.8. The van der Waals surface area contributed by atoms with Gasteiger partial charge in [0.25, 0.3) is 0 Å². The molecular formula is C16H15ClN2O4. The molecule has 0 unspecified atom stereocenters. The van der Waals surface area contributed by atoms with Crippen molar-refractivity contribution in [1.29, 1.82) is 0 Å². The minimum atomic E-state index is -0.999. The lowest BCUT2D eigenvalue weighted by atomic mass is 10.2. The van der Waals surface area contributed by atoms with Gasteiger partial charge < -0.3 is 14.6 Å². The molecule has 0 aliphatic rings. The highest BCUT2D eigenvalue weighted by molar-refractivity contribution is 6.34. The summed E-state index contributed by atoms with van der Waals surface area (Å²) in [6.07, 6.45) is 1.51. The second-order valence-corrected chi connectivity index (χ2v) is 4.84. The number of hydrazone groups is 1. The maximum absolute atomic E-state index is 10.9. The SMILES string of the molecule is COc1ccc(C=NNc2cccc(C(=O)O)c2)c(Cl)c1OC. The molecule has 0 amide bonds. The molecule has 0 heterocycles. The second kappa shape index (κ2) is 7.51. The van der Waals surface area contributed by atoms with Gasteiger partial charge in [-0.2, -0.15) is 5.10 Å². The van der Waals surface area contributed by atoms with Gasteiger partial charge in [-0.05, 0) is 30.3 Å². The first-order valence-electron chi connectivity index (χ1n) is 6.59. The topological polar surface area (TPSA) is 80.2 Å². The number of hydrogen-bond acceptors (Lipinski definition) is 5. The van der Waals surface area contributed by atoms with E-state index in [0.29, 0.717) is 27.8 Å². The van der Waals surface area contributed by atoms with Crippen LogP contribution in [0.4, 0.5) is 5.69 Å². The molecule has 2 N–H and O–H groups in total. The predicted molar refractivity (Wildman–Crippen MR) is 89.2 cm³/mol. The summed E-state index contributed by atoms with van der Waals surface area (Å²) < 4.78 is 10.4. The largest absolute Gasteiger partial charge is 0.493 e. The van der Waals surface area contributed by atoms with E-state index in [1.165, 1.54) is 32.6 Å². The first-order valence-corrected chi connectivity index (χ1v) is 6.97. The Bertz CT molecular complexity index is 747. The van der Waals surface area contributed by atoms with Gasteiger partial charge in [0.2, 0.25) is 0 Å². The molecule has 23 heavy (non-hydrogen) atoms. The molecule has 0 fully saturated rings. The number of nitrogens with zero attached hydrogens (tertiary/aromatic N) is 1. The zero-order valence-corrected chi connectivity index (χ0v) is 13.3. The van der Waals surface area contributed by atoms with Gasteiger partial charge in [0, 0.05) is 5.56 Å². The Morgan fingerprint density at radius 1 is 1.26 bits per heavy atom. The molecule has 2 aromatic rings. The van der Waals surface area contributed by atoms with E-state index in [9.17, 15) is 4.79 Å². The Labute approximate surface area is 138 Å². The van der Waals surface area contributed by atoms with Crippen molar-refractivity contribution in [1.82, 2.24) is 0 Å². The molecule has 2 aromatic carbocycles. The van der Waals surface area contributed by atoms with Crippen molar-refractivity contribution in [2.24, 2.45) is 5.10 Å². The summed E-state index contributed by atoms with van der Waals surface area (Å²) in [5.41, 5.74) is 4.12. The quantitative estimate of drug-likeness (QED) is 0.624. The van der Waals surface area contributed by atoms with Crippen molar-refractivity contribution >= 4 is 29.5 Å². The Morgan fingerprint density at radius 3 is 2.70 bits per heavy atom. The monoisotopic (exact) mass is 334 g/mol. The number of benzene rings is 2. The maximum Gasteiger partial charge on any atom is 0.335 e. The third-order valence-electron chi connectivity index (χ3n) is 3.02. The van der Waals surface area contributed by atoms with Crippen molar-refractivity contribution in [3.8, 4) is 11.5 Å². The fourth-order valence-corrected chi connectivity index (χ4v) is 2.18. The number of carboxylic acid groups (broad SMARTS) is 1. The molecule has 0 saturated heterocycles. The maximum atomic E-state index is 10.9. The molecule has 120 valence electrons. The lowest BCUT2D eigenvalue weighted by molar-refractivity contribution is 0.0697. The third kappa shape index (κ3) is 3.92. The molecule has 0 aliphatic heterocycles. The highest BCUT2D eigenvalue weighted by Crippen LogP contribution is 2.36. The van der Waals surface area contributed by atoms with E-state index in [-0.39, 0.29) is 5.56 Å². The van der Waals surface area contributed by atoms with Crippen LogP contribution in [0, 0.1) is 0 Å². The number of rotatable bonds is 6. The molecule has 6 nitrogen and oxygen atoms in total. The van der Waals surface area contributed by atoms with Crippen molar-refractivity contribution in [3.63, 3.8) is 0 Å². The predicted octanol–water partition coefficient (Wildman–Crippen LogP) is 3.50. The lowest BCUT2D eigenvalue weighted by Crippen LogP contribution is -1.98. The van der Waals surface area contributed by atoms with E-state index in [1.807, 2.05) is 0 Å². The summed E-state index contributed by atoms with van der Waals surface area (Å²) in [4.78, 5) is 10.9. The van der Waals surface area contributed by atoms with Crippen LogP contribution < -0.4 is 14.9 Å². The van der Waals surface area contributed by atoms with Crippen molar-refractivity contribution in [2.45, 2.75) is 0 Å². The summed E-state index contributed by atoms with van der Waals surface area (Å²) in [6, 6.07) is 9.78. The van der Waals surface area contributed by atoms with Crippen LogP contribution in [0.3, 0.4) is 0 Å². The number of carbonyl (C=O) groups is 1. The van der Waals surface area contributed by atoms with Crippen molar-refractivity contribution < 1.29 is 19.4 Å². The normalized spacial score (nSPS) is 10.6. The highest BCUT2D eigenvalue weighted by atomic mass is 35.5. The number of anilines is 1. The molecule has 2 rings (SSSR count). The Morgan fingerprint density at radius 2 is 2.04 bits per heavy atom. The number of carboxylic acids is 1. The Kier molecular flexibility index (Phi) is 5.43. The minimum absolute atomic E-state index is 0.175. The van der Waals surface area contributed by atoms with Gasteiger partial charge in [-0.1, -0.05) is 17.7 Å². The van der Waals surface area contributed by atoms with Gasteiger partial charge in [-0.25, -0.2) is 4.79 Å². The van der Waals surface area contributed by atoms with Crippen molar-refractivity contribution in [3.05, 3.63) is 52.5 Å². The van der Waals surface area contributed by atoms with Gasteiger partial charge in [0.15, 0.2) is 11.5 Å². The van der Waals surface area contributed by atoms with Crippen LogP contribution in [0.2, 0.25) is 5.02 Å². The number of nitrogens with one attached hydrogen (secondary N) is 1. The molecular weight excluding hydrogens is 320 g/mol. The van der Waals surface area contributed by atoms with Gasteiger partial charge in [0.1, 0.15) is 0 Å². The molecule has 0 bridgehead atoms. The number of halogens is 1. The summed E-state index contributed by atoms with van der Waals surface area (Å²) in [7, 11) is 3.03. The summed E-state index contributed by atoms with van der Waals surface area (Å²) in [6.45, 7) is 0. The van der Waals surface area contributed by atoms with E-state index < -0.39 is 5.97 Å². The number of methoxy groups -OCH3 is 2. The first-order chi connectivity index (χ1) is 11.1. The molecule has 0 aromatic heterocycles. The Hall–Kier alpha value is -2.73. The van der Waals surface area contributed by atoms with Crippen LogP contribution in [0.15, 0.2) is 41.5 Å². The van der Waals surface area contributed by atoms with Crippen molar-refractivity contribution in [2.75, 3.05) is 19.6 Å². The number of ether oxygens (including phenoxy) is 2. The third-order valence-corrected chi connectivity index (χ3v) is 3.41. The summed E-state index contributed by atoms with van der Waals surface area (Å²) in [5.74, 6) is -0.0525. The Balaban J connectivity index is 2.18. The van der Waals surface area contributed by atoms with Crippen LogP contribution >= 0.6 is 11.6 Å². The summed E-state index contributed by atoms with van der Waals surface area (Å²) >= 11 is 6.24. The minimum Gasteiger partial charge on any atom is -0.493 e. The van der Waals surface area contributed by atoms with E-state index in [2.05, 4.69) is 10.5 Å². The number of aromatic carboxylic acids is 1. The molecule has 0 saturated carbocycles.